The van der Waals surface area contributed by atoms with E-state index < -0.39 is 0 Å². The van der Waals surface area contributed by atoms with Crippen LogP contribution >= 0.6 is 0 Å². The molecule has 2 aliphatic heterocycles. The lowest BCUT2D eigenvalue weighted by Gasteiger charge is -2.29. The largest absolute Gasteiger partial charge is 0.375 e. The van der Waals surface area contributed by atoms with Gasteiger partial charge in [-0.25, -0.2) is 0 Å². The molecule has 2 bridgehead atoms. The number of ether oxygens (including phenoxy) is 1. The van der Waals surface area contributed by atoms with E-state index in [1.165, 1.54) is 24.8 Å². The van der Waals surface area contributed by atoms with Gasteiger partial charge in [0.2, 0.25) is 0 Å². The van der Waals surface area contributed by atoms with Crippen LogP contribution in [-0.2, 0) is 4.74 Å². The van der Waals surface area contributed by atoms with E-state index >= 15 is 0 Å². The molecule has 3 heteroatoms. The summed E-state index contributed by atoms with van der Waals surface area (Å²) in [6.07, 6.45) is 6.69. The smallest absolute Gasteiger partial charge is 0.0627 e. The molecular weight excluding hydrogens is 224 g/mol. The number of fused-ring (bicyclic) bond motifs is 2. The molecule has 0 radical (unpaired) electrons. The van der Waals surface area contributed by atoms with E-state index in [0.29, 0.717) is 24.2 Å². The Bertz CT molecular complexity index is 403. The number of hydrogen-bond donors (Lipinski definition) is 1. The molecule has 1 aromatic rings. The molecule has 4 unspecified atom stereocenters. The zero-order valence-corrected chi connectivity index (χ0v) is 11.2. The molecule has 0 saturated carbocycles. The predicted molar refractivity (Wildman–Crippen MR) is 71.4 cm³/mol. The maximum Gasteiger partial charge on any atom is 0.0627 e. The second-order valence-electron chi connectivity index (χ2n) is 5.54. The fraction of sp³-hybridized carbons (Fsp3) is 0.667. The standard InChI is InChI=1S/C15H22N2O/c1-3-16-15(11-5-4-10(2)17-9-11)13-8-12-6-7-14(13)18-12/h4-5,9,12-16H,3,6-8H2,1-2H3. The highest BCUT2D eigenvalue weighted by Gasteiger charge is 2.44. The van der Waals surface area contributed by atoms with Gasteiger partial charge in [-0.3, -0.25) is 4.98 Å². The van der Waals surface area contributed by atoms with Crippen molar-refractivity contribution in [1.29, 1.82) is 0 Å². The highest BCUT2D eigenvalue weighted by Crippen LogP contribution is 2.44. The van der Waals surface area contributed by atoms with Gasteiger partial charge in [0.15, 0.2) is 0 Å². The van der Waals surface area contributed by atoms with Gasteiger partial charge in [0, 0.05) is 23.9 Å². The summed E-state index contributed by atoms with van der Waals surface area (Å²) in [5, 5.41) is 3.63. The maximum absolute atomic E-state index is 6.00. The zero-order valence-electron chi connectivity index (χ0n) is 11.2. The number of aromatic nitrogens is 1. The molecule has 0 amide bonds. The van der Waals surface area contributed by atoms with E-state index in [2.05, 4.69) is 29.4 Å². The van der Waals surface area contributed by atoms with Crippen LogP contribution in [-0.4, -0.2) is 23.7 Å². The molecule has 2 saturated heterocycles. The Morgan fingerprint density at radius 3 is 2.89 bits per heavy atom. The van der Waals surface area contributed by atoms with Crippen molar-refractivity contribution in [1.82, 2.24) is 10.3 Å². The third kappa shape index (κ3) is 2.17. The fourth-order valence-electron chi connectivity index (χ4n) is 3.43. The van der Waals surface area contributed by atoms with E-state index in [9.17, 15) is 0 Å². The Labute approximate surface area is 109 Å². The molecule has 1 N–H and O–H groups in total. The predicted octanol–water partition coefficient (Wildman–Crippen LogP) is 2.61. The van der Waals surface area contributed by atoms with Crippen molar-refractivity contribution < 1.29 is 4.74 Å². The van der Waals surface area contributed by atoms with Crippen LogP contribution < -0.4 is 5.32 Å². The van der Waals surface area contributed by atoms with E-state index in [-0.39, 0.29) is 0 Å². The second kappa shape index (κ2) is 4.98. The summed E-state index contributed by atoms with van der Waals surface area (Å²) >= 11 is 0. The fourth-order valence-corrected chi connectivity index (χ4v) is 3.43. The Kier molecular flexibility index (Phi) is 3.35. The molecule has 1 aromatic heterocycles. The van der Waals surface area contributed by atoms with Crippen molar-refractivity contribution in [2.24, 2.45) is 5.92 Å². The summed E-state index contributed by atoms with van der Waals surface area (Å²) in [5.74, 6) is 0.619. The minimum atomic E-state index is 0.401. The van der Waals surface area contributed by atoms with Crippen molar-refractivity contribution >= 4 is 0 Å². The Morgan fingerprint density at radius 2 is 2.33 bits per heavy atom. The van der Waals surface area contributed by atoms with E-state index in [1.54, 1.807) is 0 Å². The molecule has 98 valence electrons. The third-order valence-electron chi connectivity index (χ3n) is 4.30. The van der Waals surface area contributed by atoms with Gasteiger partial charge >= 0.3 is 0 Å². The van der Waals surface area contributed by atoms with Crippen LogP contribution in [0.3, 0.4) is 0 Å². The molecule has 0 aromatic carbocycles. The van der Waals surface area contributed by atoms with Crippen LogP contribution in [0.15, 0.2) is 18.3 Å². The minimum absolute atomic E-state index is 0.401. The van der Waals surface area contributed by atoms with Crippen LogP contribution in [0.1, 0.15) is 43.5 Å². The van der Waals surface area contributed by atoms with E-state index in [1.807, 2.05) is 13.1 Å². The van der Waals surface area contributed by atoms with Gasteiger partial charge in [-0.05, 0) is 44.4 Å². The lowest BCUT2D eigenvalue weighted by Crippen LogP contribution is -2.33. The van der Waals surface area contributed by atoms with E-state index in [4.69, 9.17) is 4.74 Å². The summed E-state index contributed by atoms with van der Waals surface area (Å²) in [4.78, 5) is 4.43. The lowest BCUT2D eigenvalue weighted by atomic mass is 9.81. The average Bonchev–Trinajstić information content (AvgIpc) is 2.99. The summed E-state index contributed by atoms with van der Waals surface area (Å²) in [7, 11) is 0. The molecule has 18 heavy (non-hydrogen) atoms. The van der Waals surface area contributed by atoms with Crippen LogP contribution in [0.2, 0.25) is 0 Å². The van der Waals surface area contributed by atoms with Crippen molar-refractivity contribution in [2.75, 3.05) is 6.54 Å². The highest BCUT2D eigenvalue weighted by molar-refractivity contribution is 5.19. The van der Waals surface area contributed by atoms with Gasteiger partial charge in [0.05, 0.1) is 12.2 Å². The van der Waals surface area contributed by atoms with Crippen molar-refractivity contribution in [2.45, 2.75) is 51.4 Å². The summed E-state index contributed by atoms with van der Waals surface area (Å²) in [6.45, 7) is 5.20. The highest BCUT2D eigenvalue weighted by atomic mass is 16.5. The molecule has 3 rings (SSSR count). The topological polar surface area (TPSA) is 34.2 Å². The summed E-state index contributed by atoms with van der Waals surface area (Å²) < 4.78 is 6.00. The van der Waals surface area contributed by atoms with Gasteiger partial charge in [-0.15, -0.1) is 0 Å². The van der Waals surface area contributed by atoms with Gasteiger partial charge in [-0.1, -0.05) is 13.0 Å². The molecule has 2 aliphatic rings. The Balaban J connectivity index is 1.81. The summed E-state index contributed by atoms with van der Waals surface area (Å²) in [5.41, 5.74) is 2.39. The molecule has 3 nitrogen and oxygen atoms in total. The molecule has 2 fully saturated rings. The molecular formula is C15H22N2O. The first-order valence-corrected chi connectivity index (χ1v) is 7.09. The van der Waals surface area contributed by atoms with Crippen molar-refractivity contribution in [3.05, 3.63) is 29.6 Å². The normalized spacial score (nSPS) is 31.8. The van der Waals surface area contributed by atoms with Gasteiger partial charge in [0.25, 0.3) is 0 Å². The van der Waals surface area contributed by atoms with Crippen LogP contribution in [0.4, 0.5) is 0 Å². The quantitative estimate of drug-likeness (QED) is 0.886. The Morgan fingerprint density at radius 1 is 1.44 bits per heavy atom. The first kappa shape index (κ1) is 12.1. The van der Waals surface area contributed by atoms with Crippen LogP contribution in [0, 0.1) is 12.8 Å². The minimum Gasteiger partial charge on any atom is -0.375 e. The van der Waals surface area contributed by atoms with Crippen LogP contribution in [0.5, 0.6) is 0 Å². The monoisotopic (exact) mass is 246 g/mol. The number of aryl methyl sites for hydroxylation is 1. The zero-order chi connectivity index (χ0) is 12.5. The first-order chi connectivity index (χ1) is 8.78. The second-order valence-corrected chi connectivity index (χ2v) is 5.54. The van der Waals surface area contributed by atoms with Gasteiger partial charge in [-0.2, -0.15) is 0 Å². The number of hydrogen-bond acceptors (Lipinski definition) is 3. The third-order valence-corrected chi connectivity index (χ3v) is 4.30. The van der Waals surface area contributed by atoms with Gasteiger partial charge in [0.1, 0.15) is 0 Å². The summed E-state index contributed by atoms with van der Waals surface area (Å²) in [6, 6.07) is 4.72. The number of nitrogens with zero attached hydrogens (tertiary/aromatic N) is 1. The molecule has 4 atom stereocenters. The van der Waals surface area contributed by atoms with E-state index in [0.717, 1.165) is 12.2 Å². The number of rotatable bonds is 4. The van der Waals surface area contributed by atoms with Gasteiger partial charge < -0.3 is 10.1 Å². The molecule has 0 spiro atoms. The SMILES string of the molecule is CCNC(c1ccc(C)nc1)C1CC2CCC1O2. The maximum atomic E-state index is 6.00. The number of pyridine rings is 1. The molecule has 0 aliphatic carbocycles. The lowest BCUT2D eigenvalue weighted by molar-refractivity contribution is 0.0858. The van der Waals surface area contributed by atoms with Crippen LogP contribution in [0.25, 0.3) is 0 Å². The average molecular weight is 246 g/mol. The first-order valence-electron chi connectivity index (χ1n) is 7.09. The Hall–Kier alpha value is -0.930. The number of nitrogens with one attached hydrogen (secondary N) is 1. The van der Waals surface area contributed by atoms with Crippen molar-refractivity contribution in [3.8, 4) is 0 Å². The molecule has 3 heterocycles. The van der Waals surface area contributed by atoms with Crippen molar-refractivity contribution in [3.63, 3.8) is 0 Å².